The fourth-order valence-corrected chi connectivity index (χ4v) is 3.18. The van der Waals surface area contributed by atoms with E-state index in [2.05, 4.69) is 5.32 Å². The lowest BCUT2D eigenvalue weighted by Gasteiger charge is -2.33. The van der Waals surface area contributed by atoms with Crippen molar-refractivity contribution >= 4 is 22.4 Å². The molecule has 2 heterocycles. The van der Waals surface area contributed by atoms with E-state index in [1.165, 1.54) is 4.88 Å². The summed E-state index contributed by atoms with van der Waals surface area (Å²) in [4.78, 5) is 15.1. The second-order valence-electron chi connectivity index (χ2n) is 5.35. The monoisotopic (exact) mass is 268 g/mol. The van der Waals surface area contributed by atoms with Crippen LogP contribution in [0.25, 0.3) is 0 Å². The summed E-state index contributed by atoms with van der Waals surface area (Å²) in [6.07, 6.45) is 1.81. The van der Waals surface area contributed by atoms with Crippen LogP contribution in [0.5, 0.6) is 0 Å². The van der Waals surface area contributed by atoms with Crippen molar-refractivity contribution in [3.8, 4) is 0 Å². The van der Waals surface area contributed by atoms with Gasteiger partial charge in [0.1, 0.15) is 0 Å². The van der Waals surface area contributed by atoms with Gasteiger partial charge in [0.05, 0.1) is 16.6 Å². The van der Waals surface area contributed by atoms with Crippen LogP contribution in [0, 0.1) is 6.92 Å². The molecule has 100 valence electrons. The van der Waals surface area contributed by atoms with Crippen molar-refractivity contribution in [2.75, 3.05) is 11.9 Å². The summed E-state index contributed by atoms with van der Waals surface area (Å²) in [6.45, 7) is 6.25. The normalized spacial score (nSPS) is 20.2. The third-order valence-electron chi connectivity index (χ3n) is 3.30. The Morgan fingerprint density at radius 1 is 1.56 bits per heavy atom. The van der Waals surface area contributed by atoms with E-state index < -0.39 is 5.60 Å². The lowest BCUT2D eigenvalue weighted by Crippen LogP contribution is -2.49. The topological polar surface area (TPSA) is 52.6 Å². The van der Waals surface area contributed by atoms with Gasteiger partial charge in [-0.05, 0) is 45.7 Å². The molecule has 5 heteroatoms. The van der Waals surface area contributed by atoms with E-state index in [-0.39, 0.29) is 12.1 Å². The van der Waals surface area contributed by atoms with Crippen molar-refractivity contribution in [2.45, 2.75) is 45.3 Å². The number of aliphatic hydroxyl groups is 1. The predicted molar refractivity (Wildman–Crippen MR) is 74.1 cm³/mol. The molecule has 4 nitrogen and oxygen atoms in total. The first-order valence-electron chi connectivity index (χ1n) is 6.24. The molecule has 1 aromatic rings. The van der Waals surface area contributed by atoms with Crippen LogP contribution in [0.1, 0.15) is 31.6 Å². The Morgan fingerprint density at radius 2 is 2.28 bits per heavy atom. The van der Waals surface area contributed by atoms with E-state index in [9.17, 15) is 9.90 Å². The molecule has 0 aliphatic carbocycles. The number of carbonyl (C=O) groups excluding carboxylic acids is 1. The Morgan fingerprint density at radius 3 is 2.83 bits per heavy atom. The number of amides is 2. The molecule has 0 spiro atoms. The van der Waals surface area contributed by atoms with Crippen LogP contribution >= 0.6 is 11.3 Å². The maximum atomic E-state index is 12.2. The number of aryl methyl sites for hydroxylation is 1. The molecule has 1 atom stereocenters. The Kier molecular flexibility index (Phi) is 3.64. The van der Waals surface area contributed by atoms with Crippen LogP contribution in [0.4, 0.5) is 9.80 Å². The number of thiophene rings is 1. The number of carbonyl (C=O) groups is 1. The highest BCUT2D eigenvalue weighted by molar-refractivity contribution is 7.16. The zero-order valence-corrected chi connectivity index (χ0v) is 11.9. The summed E-state index contributed by atoms with van der Waals surface area (Å²) in [5, 5.41) is 13.8. The molecular weight excluding hydrogens is 248 g/mol. The van der Waals surface area contributed by atoms with Crippen molar-refractivity contribution in [1.29, 1.82) is 0 Å². The summed E-state index contributed by atoms with van der Waals surface area (Å²) >= 11 is 1.56. The molecule has 1 saturated heterocycles. The number of anilines is 1. The van der Waals surface area contributed by atoms with Gasteiger partial charge in [-0.3, -0.25) is 5.32 Å². The molecule has 1 unspecified atom stereocenters. The minimum atomic E-state index is -0.848. The number of nitrogens with one attached hydrogen (secondary N) is 1. The van der Waals surface area contributed by atoms with Gasteiger partial charge in [-0.1, -0.05) is 0 Å². The van der Waals surface area contributed by atoms with Gasteiger partial charge in [-0.25, -0.2) is 4.79 Å². The summed E-state index contributed by atoms with van der Waals surface area (Å²) in [7, 11) is 0. The molecule has 1 fully saturated rings. The van der Waals surface area contributed by atoms with Crippen LogP contribution < -0.4 is 5.32 Å². The van der Waals surface area contributed by atoms with Gasteiger partial charge in [0.2, 0.25) is 0 Å². The minimum Gasteiger partial charge on any atom is -0.388 e. The molecule has 1 aliphatic rings. The summed E-state index contributed by atoms with van der Waals surface area (Å²) in [5.74, 6) is 0. The highest BCUT2D eigenvalue weighted by Crippen LogP contribution is 2.28. The van der Waals surface area contributed by atoms with Crippen molar-refractivity contribution in [3.63, 3.8) is 0 Å². The number of nitrogens with zero attached hydrogens (tertiary/aromatic N) is 1. The average molecular weight is 268 g/mol. The first kappa shape index (κ1) is 13.4. The Hall–Kier alpha value is -1.07. The largest absolute Gasteiger partial charge is 0.388 e. The molecule has 2 rings (SSSR count). The highest BCUT2D eigenvalue weighted by Gasteiger charge is 2.38. The van der Waals surface area contributed by atoms with Crippen molar-refractivity contribution < 1.29 is 9.90 Å². The Bertz CT molecular complexity index is 436. The van der Waals surface area contributed by atoms with Crippen LogP contribution in [-0.4, -0.2) is 34.2 Å². The highest BCUT2D eigenvalue weighted by atomic mass is 32.1. The second kappa shape index (κ2) is 4.90. The second-order valence-corrected chi connectivity index (χ2v) is 6.63. The maximum Gasteiger partial charge on any atom is 0.322 e. The van der Waals surface area contributed by atoms with Gasteiger partial charge in [-0.15, -0.1) is 11.3 Å². The molecule has 0 saturated carbocycles. The number of rotatable bonds is 2. The first-order valence-corrected chi connectivity index (χ1v) is 7.06. The van der Waals surface area contributed by atoms with Crippen LogP contribution in [-0.2, 0) is 0 Å². The summed E-state index contributed by atoms with van der Waals surface area (Å²) in [6, 6.07) is 3.69. The fourth-order valence-electron chi connectivity index (χ4n) is 2.42. The van der Waals surface area contributed by atoms with Gasteiger partial charge in [-0.2, -0.15) is 0 Å². The predicted octanol–water partition coefficient (Wildman–Crippen LogP) is 2.82. The van der Waals surface area contributed by atoms with Crippen molar-refractivity contribution in [3.05, 3.63) is 17.0 Å². The fraction of sp³-hybridized carbons (Fsp3) is 0.615. The number of likely N-dealkylation sites (tertiary alicyclic amines) is 1. The lowest BCUT2D eigenvalue weighted by molar-refractivity contribution is 0.0117. The van der Waals surface area contributed by atoms with Crippen molar-refractivity contribution in [1.82, 2.24) is 4.90 Å². The first-order chi connectivity index (χ1) is 8.38. The molecule has 0 aromatic carbocycles. The van der Waals surface area contributed by atoms with E-state index in [1.807, 2.05) is 19.1 Å². The van der Waals surface area contributed by atoms with Crippen LogP contribution in [0.3, 0.4) is 0 Å². The Labute approximate surface area is 112 Å². The SMILES string of the molecule is Cc1ccc(NC(=O)N2CCCC2C(C)(C)O)s1. The number of urea groups is 1. The minimum absolute atomic E-state index is 0.0986. The van der Waals surface area contributed by atoms with E-state index >= 15 is 0 Å². The Balaban J connectivity index is 2.04. The molecule has 18 heavy (non-hydrogen) atoms. The zero-order chi connectivity index (χ0) is 13.3. The maximum absolute atomic E-state index is 12.2. The van der Waals surface area contributed by atoms with E-state index in [4.69, 9.17) is 0 Å². The van der Waals surface area contributed by atoms with Gasteiger partial charge in [0.25, 0.3) is 0 Å². The number of hydrogen-bond donors (Lipinski definition) is 2. The van der Waals surface area contributed by atoms with E-state index in [1.54, 1.807) is 30.1 Å². The van der Waals surface area contributed by atoms with Gasteiger partial charge in [0.15, 0.2) is 0 Å². The van der Waals surface area contributed by atoms with E-state index in [0.717, 1.165) is 17.8 Å². The molecule has 1 aromatic heterocycles. The zero-order valence-electron chi connectivity index (χ0n) is 11.1. The van der Waals surface area contributed by atoms with Crippen LogP contribution in [0.15, 0.2) is 12.1 Å². The molecule has 2 N–H and O–H groups in total. The summed E-state index contributed by atoms with van der Waals surface area (Å²) < 4.78 is 0. The van der Waals surface area contributed by atoms with Gasteiger partial charge in [0, 0.05) is 11.4 Å². The number of hydrogen-bond acceptors (Lipinski definition) is 3. The molecule has 2 amide bonds. The molecular formula is C13H20N2O2S. The molecule has 0 radical (unpaired) electrons. The third kappa shape index (κ3) is 2.84. The average Bonchev–Trinajstić information content (AvgIpc) is 2.85. The quantitative estimate of drug-likeness (QED) is 0.866. The third-order valence-corrected chi connectivity index (χ3v) is 4.22. The van der Waals surface area contributed by atoms with Gasteiger partial charge >= 0.3 is 6.03 Å². The van der Waals surface area contributed by atoms with Crippen molar-refractivity contribution in [2.24, 2.45) is 0 Å². The van der Waals surface area contributed by atoms with E-state index in [0.29, 0.717) is 6.54 Å². The van der Waals surface area contributed by atoms with Gasteiger partial charge < -0.3 is 10.0 Å². The molecule has 1 aliphatic heterocycles. The summed E-state index contributed by atoms with van der Waals surface area (Å²) in [5.41, 5.74) is -0.848. The lowest BCUT2D eigenvalue weighted by atomic mass is 9.97. The van der Waals surface area contributed by atoms with Crippen LogP contribution in [0.2, 0.25) is 0 Å². The molecule has 0 bridgehead atoms. The smallest absolute Gasteiger partial charge is 0.322 e. The standard InChI is InChI=1S/C13H20N2O2S/c1-9-6-7-11(18-9)14-12(16)15-8-4-5-10(15)13(2,3)17/h6-7,10,17H,4-5,8H2,1-3H3,(H,14,16).